The van der Waals surface area contributed by atoms with Gasteiger partial charge in [0.2, 0.25) is 5.91 Å². The van der Waals surface area contributed by atoms with Crippen LogP contribution in [0.25, 0.3) is 0 Å². The van der Waals surface area contributed by atoms with E-state index in [1.54, 1.807) is 32.0 Å². The SMILES string of the molecule is COc1cccc(/C=N/NC(=O)C(C)C)c1O. The number of nitrogens with zero attached hydrogens (tertiary/aromatic N) is 1. The lowest BCUT2D eigenvalue weighted by atomic mass is 10.2. The summed E-state index contributed by atoms with van der Waals surface area (Å²) in [4.78, 5) is 11.2. The number of carbonyl (C=O) groups is 1. The van der Waals surface area contributed by atoms with E-state index >= 15 is 0 Å². The highest BCUT2D eigenvalue weighted by Gasteiger charge is 2.06. The molecule has 0 unspecified atom stereocenters. The van der Waals surface area contributed by atoms with E-state index in [2.05, 4.69) is 10.5 Å². The third-order valence-corrected chi connectivity index (χ3v) is 2.15. The number of methoxy groups -OCH3 is 1. The Morgan fingerprint density at radius 1 is 1.53 bits per heavy atom. The largest absolute Gasteiger partial charge is 0.504 e. The highest BCUT2D eigenvalue weighted by Crippen LogP contribution is 2.27. The lowest BCUT2D eigenvalue weighted by Crippen LogP contribution is -2.22. The lowest BCUT2D eigenvalue weighted by molar-refractivity contribution is -0.123. The minimum absolute atomic E-state index is 0.00227. The van der Waals surface area contributed by atoms with Crippen LogP contribution < -0.4 is 10.2 Å². The quantitative estimate of drug-likeness (QED) is 0.615. The molecule has 0 aliphatic carbocycles. The number of hydrogen-bond donors (Lipinski definition) is 2. The number of nitrogens with one attached hydrogen (secondary N) is 1. The molecular formula is C12H16N2O3. The van der Waals surface area contributed by atoms with Gasteiger partial charge in [-0.15, -0.1) is 0 Å². The van der Waals surface area contributed by atoms with Gasteiger partial charge in [-0.2, -0.15) is 5.10 Å². The van der Waals surface area contributed by atoms with Crippen molar-refractivity contribution in [2.24, 2.45) is 11.0 Å². The number of aromatic hydroxyl groups is 1. The molecule has 0 radical (unpaired) electrons. The van der Waals surface area contributed by atoms with Gasteiger partial charge >= 0.3 is 0 Å². The van der Waals surface area contributed by atoms with Crippen LogP contribution in [0.3, 0.4) is 0 Å². The van der Waals surface area contributed by atoms with E-state index in [0.29, 0.717) is 11.3 Å². The lowest BCUT2D eigenvalue weighted by Gasteiger charge is -2.05. The van der Waals surface area contributed by atoms with Gasteiger partial charge in [0, 0.05) is 11.5 Å². The second-order valence-electron chi connectivity index (χ2n) is 3.79. The molecule has 1 aromatic carbocycles. The molecule has 17 heavy (non-hydrogen) atoms. The van der Waals surface area contributed by atoms with Crippen LogP contribution in [0.5, 0.6) is 11.5 Å². The van der Waals surface area contributed by atoms with E-state index in [9.17, 15) is 9.90 Å². The average Bonchev–Trinajstić information content (AvgIpc) is 2.31. The summed E-state index contributed by atoms with van der Waals surface area (Å²) in [5, 5.41) is 13.5. The molecule has 92 valence electrons. The molecule has 0 bridgehead atoms. The van der Waals surface area contributed by atoms with E-state index in [1.165, 1.54) is 13.3 Å². The Kier molecular flexibility index (Phi) is 4.51. The highest BCUT2D eigenvalue weighted by molar-refractivity contribution is 5.86. The van der Waals surface area contributed by atoms with Crippen LogP contribution in [0, 0.1) is 5.92 Å². The van der Waals surface area contributed by atoms with Crippen molar-refractivity contribution in [3.8, 4) is 11.5 Å². The summed E-state index contributed by atoms with van der Waals surface area (Å²) in [6, 6.07) is 5.03. The van der Waals surface area contributed by atoms with Crippen molar-refractivity contribution in [1.82, 2.24) is 5.43 Å². The maximum absolute atomic E-state index is 11.2. The summed E-state index contributed by atoms with van der Waals surface area (Å²) >= 11 is 0. The summed E-state index contributed by atoms with van der Waals surface area (Å²) < 4.78 is 4.95. The molecule has 1 aromatic rings. The van der Waals surface area contributed by atoms with Crippen LogP contribution >= 0.6 is 0 Å². The van der Waals surface area contributed by atoms with Crippen LogP contribution in [0.2, 0.25) is 0 Å². The summed E-state index contributed by atoms with van der Waals surface area (Å²) in [7, 11) is 1.47. The first kappa shape index (κ1) is 13.0. The van der Waals surface area contributed by atoms with Gasteiger partial charge in [-0.05, 0) is 12.1 Å². The topological polar surface area (TPSA) is 70.9 Å². The standard InChI is InChI=1S/C12H16N2O3/c1-8(2)12(16)14-13-7-9-5-4-6-10(17-3)11(9)15/h4-8,15H,1-3H3,(H,14,16)/b13-7+. The second-order valence-corrected chi connectivity index (χ2v) is 3.79. The normalized spacial score (nSPS) is 10.8. The Balaban J connectivity index is 2.75. The molecule has 0 heterocycles. The number of hydrazone groups is 1. The zero-order valence-electron chi connectivity index (χ0n) is 10.1. The van der Waals surface area contributed by atoms with Crippen LogP contribution in [-0.2, 0) is 4.79 Å². The molecule has 5 nitrogen and oxygen atoms in total. The number of ether oxygens (including phenoxy) is 1. The molecule has 0 atom stereocenters. The van der Waals surface area contributed by atoms with Gasteiger partial charge in [-0.3, -0.25) is 4.79 Å². The van der Waals surface area contributed by atoms with Crippen LogP contribution in [0.4, 0.5) is 0 Å². The average molecular weight is 236 g/mol. The molecule has 2 N–H and O–H groups in total. The van der Waals surface area contributed by atoms with Gasteiger partial charge in [0.15, 0.2) is 11.5 Å². The van der Waals surface area contributed by atoms with Gasteiger partial charge < -0.3 is 9.84 Å². The molecule has 0 aliphatic rings. The predicted octanol–water partition coefficient (Wildman–Crippen LogP) is 1.51. The molecule has 1 rings (SSSR count). The number of phenols is 1. The molecule has 5 heteroatoms. The van der Waals surface area contributed by atoms with Gasteiger partial charge in [-0.1, -0.05) is 19.9 Å². The van der Waals surface area contributed by atoms with E-state index in [-0.39, 0.29) is 17.6 Å². The number of rotatable bonds is 4. The van der Waals surface area contributed by atoms with Crippen LogP contribution in [-0.4, -0.2) is 24.3 Å². The van der Waals surface area contributed by atoms with E-state index in [4.69, 9.17) is 4.74 Å². The third-order valence-electron chi connectivity index (χ3n) is 2.15. The molecule has 0 fully saturated rings. The van der Waals surface area contributed by atoms with Gasteiger partial charge in [0.05, 0.1) is 13.3 Å². The number of amides is 1. The van der Waals surface area contributed by atoms with E-state index < -0.39 is 0 Å². The Bertz CT molecular complexity index is 428. The van der Waals surface area contributed by atoms with E-state index in [0.717, 1.165) is 0 Å². The monoisotopic (exact) mass is 236 g/mol. The van der Waals surface area contributed by atoms with Crippen molar-refractivity contribution in [2.45, 2.75) is 13.8 Å². The van der Waals surface area contributed by atoms with Crippen molar-refractivity contribution in [3.63, 3.8) is 0 Å². The smallest absolute Gasteiger partial charge is 0.242 e. The maximum Gasteiger partial charge on any atom is 0.242 e. The predicted molar refractivity (Wildman–Crippen MR) is 65.2 cm³/mol. The van der Waals surface area contributed by atoms with E-state index in [1.807, 2.05) is 0 Å². The highest BCUT2D eigenvalue weighted by atomic mass is 16.5. The summed E-state index contributed by atoms with van der Waals surface area (Å²) in [6.07, 6.45) is 1.37. The maximum atomic E-state index is 11.2. The van der Waals surface area contributed by atoms with Crippen molar-refractivity contribution in [1.29, 1.82) is 0 Å². The third kappa shape index (κ3) is 3.48. The minimum atomic E-state index is -0.177. The minimum Gasteiger partial charge on any atom is -0.504 e. The fraction of sp³-hybridized carbons (Fsp3) is 0.333. The number of hydrogen-bond acceptors (Lipinski definition) is 4. The molecule has 0 saturated heterocycles. The first-order chi connectivity index (χ1) is 8.06. The Morgan fingerprint density at radius 2 is 2.24 bits per heavy atom. The number of para-hydroxylation sites is 1. The molecule has 0 aliphatic heterocycles. The zero-order valence-corrected chi connectivity index (χ0v) is 10.1. The second kappa shape index (κ2) is 5.89. The van der Waals surface area contributed by atoms with Crippen LogP contribution in [0.15, 0.2) is 23.3 Å². The number of phenolic OH excluding ortho intramolecular Hbond substituents is 1. The zero-order chi connectivity index (χ0) is 12.8. The van der Waals surface area contributed by atoms with Gasteiger partial charge in [0.1, 0.15) is 0 Å². The van der Waals surface area contributed by atoms with Gasteiger partial charge in [-0.25, -0.2) is 5.43 Å². The summed E-state index contributed by atoms with van der Waals surface area (Å²) in [5.74, 6) is 0.0522. The molecular weight excluding hydrogens is 220 g/mol. The van der Waals surface area contributed by atoms with Crippen molar-refractivity contribution in [3.05, 3.63) is 23.8 Å². The molecule has 0 aromatic heterocycles. The van der Waals surface area contributed by atoms with Crippen LogP contribution in [0.1, 0.15) is 19.4 Å². The fourth-order valence-corrected chi connectivity index (χ4v) is 1.10. The first-order valence-corrected chi connectivity index (χ1v) is 5.25. The fourth-order valence-electron chi connectivity index (χ4n) is 1.10. The first-order valence-electron chi connectivity index (χ1n) is 5.25. The van der Waals surface area contributed by atoms with Crippen molar-refractivity contribution < 1.29 is 14.6 Å². The van der Waals surface area contributed by atoms with Gasteiger partial charge in [0.25, 0.3) is 0 Å². The summed E-state index contributed by atoms with van der Waals surface area (Å²) in [5.41, 5.74) is 2.85. The Morgan fingerprint density at radius 3 is 2.82 bits per heavy atom. The number of benzene rings is 1. The summed E-state index contributed by atoms with van der Waals surface area (Å²) in [6.45, 7) is 3.54. The molecule has 1 amide bonds. The Labute approximate surface area is 100 Å². The molecule has 0 saturated carbocycles. The van der Waals surface area contributed by atoms with Crippen molar-refractivity contribution in [2.75, 3.05) is 7.11 Å². The van der Waals surface area contributed by atoms with Crippen molar-refractivity contribution >= 4 is 12.1 Å². The molecule has 0 spiro atoms. The number of carbonyl (C=O) groups excluding carboxylic acids is 1. The Hall–Kier alpha value is -2.04.